The van der Waals surface area contributed by atoms with E-state index in [1.807, 2.05) is 54.6 Å². The van der Waals surface area contributed by atoms with Gasteiger partial charge in [0.05, 0.1) is 0 Å². The molecule has 0 aliphatic rings. The molecule has 2 rings (SSSR count). The van der Waals surface area contributed by atoms with E-state index in [0.29, 0.717) is 0 Å². The Kier molecular flexibility index (Phi) is 8.23. The molecule has 0 saturated heterocycles. The summed E-state index contributed by atoms with van der Waals surface area (Å²) in [6.07, 6.45) is 0. The van der Waals surface area contributed by atoms with Gasteiger partial charge in [-0.15, -0.1) is 0 Å². The SMILES string of the molecule is O=C(O)CNc1ccccc1.O=C(O)CNc1ccccc1Br. The van der Waals surface area contributed by atoms with Crippen molar-refractivity contribution in [1.82, 2.24) is 0 Å². The van der Waals surface area contributed by atoms with Crippen LogP contribution >= 0.6 is 15.9 Å². The van der Waals surface area contributed by atoms with Crippen LogP contribution in [0.3, 0.4) is 0 Å². The molecule has 2 aromatic carbocycles. The van der Waals surface area contributed by atoms with Crippen LogP contribution in [0.2, 0.25) is 0 Å². The number of anilines is 2. The van der Waals surface area contributed by atoms with Crippen LogP contribution in [0.25, 0.3) is 0 Å². The molecule has 0 radical (unpaired) electrons. The van der Waals surface area contributed by atoms with E-state index in [1.54, 1.807) is 0 Å². The van der Waals surface area contributed by atoms with E-state index in [4.69, 9.17) is 10.2 Å². The normalized spacial score (nSPS) is 9.26. The summed E-state index contributed by atoms with van der Waals surface area (Å²) >= 11 is 3.29. The summed E-state index contributed by atoms with van der Waals surface area (Å²) in [7, 11) is 0. The second kappa shape index (κ2) is 10.2. The lowest BCUT2D eigenvalue weighted by Gasteiger charge is -2.04. The Bertz CT molecular complexity index is 635. The minimum Gasteiger partial charge on any atom is -0.480 e. The summed E-state index contributed by atoms with van der Waals surface area (Å²) in [4.78, 5) is 20.3. The highest BCUT2D eigenvalue weighted by atomic mass is 79.9. The standard InChI is InChI=1S/C8H8BrNO2.C8H9NO2/c9-6-3-1-2-4-7(6)10-5-8(11)12;10-8(11)6-9-7-4-2-1-3-5-7/h1-4,10H,5H2,(H,11,12);1-5,9H,6H2,(H,10,11). The topological polar surface area (TPSA) is 98.7 Å². The highest BCUT2D eigenvalue weighted by Gasteiger charge is 1.99. The molecule has 7 heteroatoms. The molecule has 0 unspecified atom stereocenters. The lowest BCUT2D eigenvalue weighted by Crippen LogP contribution is -2.12. The Balaban J connectivity index is 0.000000231. The third kappa shape index (κ3) is 8.47. The number of rotatable bonds is 6. The van der Waals surface area contributed by atoms with Gasteiger partial charge < -0.3 is 20.8 Å². The molecule has 122 valence electrons. The zero-order chi connectivity index (χ0) is 17.1. The number of para-hydroxylation sites is 2. The quantitative estimate of drug-likeness (QED) is 0.614. The van der Waals surface area contributed by atoms with Crippen LogP contribution in [-0.2, 0) is 9.59 Å². The maximum Gasteiger partial charge on any atom is 0.322 e. The van der Waals surface area contributed by atoms with Crippen LogP contribution in [-0.4, -0.2) is 35.2 Å². The van der Waals surface area contributed by atoms with Crippen molar-refractivity contribution in [3.63, 3.8) is 0 Å². The highest BCUT2D eigenvalue weighted by Crippen LogP contribution is 2.20. The maximum atomic E-state index is 10.2. The van der Waals surface area contributed by atoms with Crippen molar-refractivity contribution in [2.24, 2.45) is 0 Å². The average molecular weight is 381 g/mol. The van der Waals surface area contributed by atoms with E-state index >= 15 is 0 Å². The van der Waals surface area contributed by atoms with Gasteiger partial charge in [-0.2, -0.15) is 0 Å². The van der Waals surface area contributed by atoms with E-state index < -0.39 is 11.9 Å². The first-order chi connectivity index (χ1) is 11.0. The van der Waals surface area contributed by atoms with Crippen molar-refractivity contribution in [3.05, 3.63) is 59.1 Å². The van der Waals surface area contributed by atoms with Gasteiger partial charge in [0.15, 0.2) is 0 Å². The summed E-state index contributed by atoms with van der Waals surface area (Å²) in [6, 6.07) is 16.6. The fourth-order valence-electron chi connectivity index (χ4n) is 1.51. The van der Waals surface area contributed by atoms with E-state index in [9.17, 15) is 9.59 Å². The Hall–Kier alpha value is -2.54. The van der Waals surface area contributed by atoms with Crippen LogP contribution in [0.5, 0.6) is 0 Å². The molecule has 0 heterocycles. The average Bonchev–Trinajstić information content (AvgIpc) is 2.54. The van der Waals surface area contributed by atoms with Crippen molar-refractivity contribution in [2.45, 2.75) is 0 Å². The molecule has 4 N–H and O–H groups in total. The van der Waals surface area contributed by atoms with Gasteiger partial charge in [-0.3, -0.25) is 9.59 Å². The van der Waals surface area contributed by atoms with Gasteiger partial charge in [-0.1, -0.05) is 30.3 Å². The molecule has 23 heavy (non-hydrogen) atoms. The Morgan fingerprint density at radius 1 is 0.826 bits per heavy atom. The highest BCUT2D eigenvalue weighted by molar-refractivity contribution is 9.10. The molecular weight excluding hydrogens is 364 g/mol. The smallest absolute Gasteiger partial charge is 0.322 e. The number of halogens is 1. The van der Waals surface area contributed by atoms with Gasteiger partial charge in [0.2, 0.25) is 0 Å². The monoisotopic (exact) mass is 380 g/mol. The van der Waals surface area contributed by atoms with Gasteiger partial charge in [-0.05, 0) is 40.2 Å². The number of carboxylic acids is 2. The van der Waals surface area contributed by atoms with E-state index in [0.717, 1.165) is 15.8 Å². The van der Waals surface area contributed by atoms with Gasteiger partial charge in [0.25, 0.3) is 0 Å². The van der Waals surface area contributed by atoms with Crippen LogP contribution in [0.1, 0.15) is 0 Å². The molecule has 0 fully saturated rings. The summed E-state index contributed by atoms with van der Waals surface area (Å²) in [5.74, 6) is -1.72. The summed E-state index contributed by atoms with van der Waals surface area (Å²) in [5, 5.41) is 22.2. The second-order valence-corrected chi connectivity index (χ2v) is 5.19. The molecule has 0 aliphatic carbocycles. The zero-order valence-corrected chi connectivity index (χ0v) is 13.8. The first-order valence-corrected chi connectivity index (χ1v) is 7.49. The summed E-state index contributed by atoms with van der Waals surface area (Å²) < 4.78 is 0.867. The van der Waals surface area contributed by atoms with Crippen LogP contribution < -0.4 is 10.6 Å². The van der Waals surface area contributed by atoms with E-state index in [2.05, 4.69) is 26.6 Å². The Morgan fingerprint density at radius 2 is 1.35 bits per heavy atom. The third-order valence-electron chi connectivity index (χ3n) is 2.52. The summed E-state index contributed by atoms with van der Waals surface area (Å²) in [6.45, 7) is -0.105. The molecule has 0 spiro atoms. The molecular formula is C16H17BrN2O4. The molecule has 0 bridgehead atoms. The molecule has 6 nitrogen and oxygen atoms in total. The number of benzene rings is 2. The minimum atomic E-state index is -0.870. The van der Waals surface area contributed by atoms with E-state index in [1.165, 1.54) is 0 Å². The first kappa shape index (κ1) is 18.5. The number of hydrogen-bond donors (Lipinski definition) is 4. The largest absolute Gasteiger partial charge is 0.480 e. The number of nitrogens with one attached hydrogen (secondary N) is 2. The van der Waals surface area contributed by atoms with Crippen molar-refractivity contribution in [2.75, 3.05) is 23.7 Å². The molecule has 0 aromatic heterocycles. The minimum absolute atomic E-state index is 0.0377. The van der Waals surface area contributed by atoms with Gasteiger partial charge in [-0.25, -0.2) is 0 Å². The third-order valence-corrected chi connectivity index (χ3v) is 3.21. The zero-order valence-electron chi connectivity index (χ0n) is 12.2. The molecule has 0 atom stereocenters. The predicted molar refractivity (Wildman–Crippen MR) is 92.8 cm³/mol. The lowest BCUT2D eigenvalue weighted by molar-refractivity contribution is -0.135. The van der Waals surface area contributed by atoms with Crippen molar-refractivity contribution in [3.8, 4) is 0 Å². The fraction of sp³-hybridized carbons (Fsp3) is 0.125. The molecule has 2 aromatic rings. The predicted octanol–water partition coefficient (Wildman–Crippen LogP) is 3.13. The van der Waals surface area contributed by atoms with Crippen LogP contribution in [0, 0.1) is 0 Å². The molecule has 0 saturated carbocycles. The Labute approximate surface area is 142 Å². The fourth-order valence-corrected chi connectivity index (χ4v) is 1.93. The van der Waals surface area contributed by atoms with Crippen molar-refractivity contribution in [1.29, 1.82) is 0 Å². The van der Waals surface area contributed by atoms with Gasteiger partial charge in [0, 0.05) is 15.8 Å². The number of hydrogen-bond acceptors (Lipinski definition) is 4. The Morgan fingerprint density at radius 3 is 1.91 bits per heavy atom. The van der Waals surface area contributed by atoms with E-state index in [-0.39, 0.29) is 13.1 Å². The molecule has 0 amide bonds. The van der Waals surface area contributed by atoms with Crippen LogP contribution in [0.15, 0.2) is 59.1 Å². The first-order valence-electron chi connectivity index (χ1n) is 6.70. The number of carboxylic acid groups (broad SMARTS) is 2. The number of aliphatic carboxylic acids is 2. The lowest BCUT2D eigenvalue weighted by atomic mass is 10.3. The van der Waals surface area contributed by atoms with Crippen LogP contribution in [0.4, 0.5) is 11.4 Å². The van der Waals surface area contributed by atoms with Crippen molar-refractivity contribution < 1.29 is 19.8 Å². The van der Waals surface area contributed by atoms with Gasteiger partial charge >= 0.3 is 11.9 Å². The number of carbonyl (C=O) groups is 2. The second-order valence-electron chi connectivity index (χ2n) is 4.34. The summed E-state index contributed by atoms with van der Waals surface area (Å²) in [5.41, 5.74) is 1.62. The van der Waals surface area contributed by atoms with Gasteiger partial charge in [0.1, 0.15) is 13.1 Å². The van der Waals surface area contributed by atoms with Crippen molar-refractivity contribution >= 4 is 39.2 Å². The molecule has 0 aliphatic heterocycles. The maximum absolute atomic E-state index is 10.2.